The van der Waals surface area contributed by atoms with Crippen LogP contribution in [-0.4, -0.2) is 81.7 Å². The molecule has 231 valence electrons. The number of alkyl halides is 3. The van der Waals surface area contributed by atoms with Gasteiger partial charge < -0.3 is 25.6 Å². The van der Waals surface area contributed by atoms with Crippen molar-refractivity contribution >= 4 is 22.4 Å². The number of hydrogen-bond donors (Lipinski definition) is 0. The topological polar surface area (TPSA) is 93.2 Å². The number of ether oxygens (including phenoxy) is 2. The number of sulfonamides is 1. The number of rotatable bonds is 7. The van der Waals surface area contributed by atoms with E-state index in [0.29, 0.717) is 17.4 Å². The van der Waals surface area contributed by atoms with E-state index in [1.165, 1.54) is 4.31 Å². The van der Waals surface area contributed by atoms with E-state index in [-0.39, 0.29) is 67.4 Å². The van der Waals surface area contributed by atoms with Crippen LogP contribution in [0.1, 0.15) is 88.8 Å². The molecule has 1 unspecified atom stereocenters. The summed E-state index contributed by atoms with van der Waals surface area (Å²) in [6.45, 7) is 13.1. The molecule has 0 N–H and O–H groups in total. The SMILES string of the molecule is CC(C)c1cc(C(C)C)c(S(=O)(=O)N2CCN(C(=O)OC([C-]=O)C(F)(F)F)CC2)c(C(C)C)c1.[CH-]1CCOCC1.[V+2]. The quantitative estimate of drug-likeness (QED) is 0.363. The molecule has 13 heteroatoms. The van der Waals surface area contributed by atoms with Gasteiger partial charge in [0.2, 0.25) is 10.0 Å². The van der Waals surface area contributed by atoms with E-state index < -0.39 is 28.4 Å². The Balaban J connectivity index is 0.00000106. The Kier molecular flexibility index (Phi) is 14.9. The van der Waals surface area contributed by atoms with E-state index in [1.807, 2.05) is 53.7 Å². The van der Waals surface area contributed by atoms with Crippen molar-refractivity contribution in [3.63, 3.8) is 0 Å². The summed E-state index contributed by atoms with van der Waals surface area (Å²) in [4.78, 5) is 23.8. The third-order valence-electron chi connectivity index (χ3n) is 6.73. The molecule has 2 aliphatic heterocycles. The molecule has 0 aliphatic carbocycles. The monoisotopic (exact) mass is 641 g/mol. The van der Waals surface area contributed by atoms with Gasteiger partial charge in [-0.2, -0.15) is 30.3 Å². The first-order chi connectivity index (χ1) is 18.6. The Morgan fingerprint density at radius 2 is 1.44 bits per heavy atom. The first-order valence-electron chi connectivity index (χ1n) is 13.6. The molecule has 41 heavy (non-hydrogen) atoms. The maximum Gasteiger partial charge on any atom is 2.00 e. The van der Waals surface area contributed by atoms with Crippen LogP contribution in [0.3, 0.4) is 0 Å². The molecular weight excluding hydrogens is 600 g/mol. The van der Waals surface area contributed by atoms with Crippen LogP contribution in [0.2, 0.25) is 0 Å². The van der Waals surface area contributed by atoms with Crippen molar-refractivity contribution < 1.29 is 59.2 Å². The zero-order chi connectivity index (χ0) is 30.3. The number of hydrogen-bond acceptors (Lipinski definition) is 6. The van der Waals surface area contributed by atoms with Crippen LogP contribution < -0.4 is 0 Å². The van der Waals surface area contributed by atoms with Crippen LogP contribution in [0.4, 0.5) is 18.0 Å². The van der Waals surface area contributed by atoms with Gasteiger partial charge in [0, 0.05) is 39.4 Å². The Hall–Kier alpha value is -1.60. The Morgan fingerprint density at radius 3 is 1.76 bits per heavy atom. The molecule has 1 atom stereocenters. The second-order valence-corrected chi connectivity index (χ2v) is 12.7. The molecule has 1 amide bonds. The van der Waals surface area contributed by atoms with Crippen molar-refractivity contribution in [1.82, 2.24) is 9.21 Å². The van der Waals surface area contributed by atoms with E-state index in [9.17, 15) is 31.2 Å². The summed E-state index contributed by atoms with van der Waals surface area (Å²) < 4.78 is 76.1. The predicted molar refractivity (Wildman–Crippen MR) is 145 cm³/mol. The predicted octanol–water partition coefficient (Wildman–Crippen LogP) is 5.54. The second-order valence-electron chi connectivity index (χ2n) is 10.8. The molecule has 0 spiro atoms. The number of carbonyl (C=O) groups excluding carboxylic acids is 2. The van der Waals surface area contributed by atoms with Crippen molar-refractivity contribution in [3.8, 4) is 0 Å². The number of piperazine rings is 1. The van der Waals surface area contributed by atoms with Crippen LogP contribution in [-0.2, 0) is 42.8 Å². The summed E-state index contributed by atoms with van der Waals surface area (Å²) >= 11 is 0. The number of amides is 1. The summed E-state index contributed by atoms with van der Waals surface area (Å²) in [5.74, 6) is 0.0951. The summed E-state index contributed by atoms with van der Waals surface area (Å²) in [5, 5.41) is 0. The van der Waals surface area contributed by atoms with Gasteiger partial charge in [0.25, 0.3) is 0 Å². The second kappa shape index (κ2) is 16.3. The molecule has 2 heterocycles. The van der Waals surface area contributed by atoms with Gasteiger partial charge in [-0.1, -0.05) is 53.7 Å². The molecular formula is C28H41F3N2O6SV. The van der Waals surface area contributed by atoms with E-state index >= 15 is 0 Å². The van der Waals surface area contributed by atoms with Crippen molar-refractivity contribution in [2.75, 3.05) is 39.4 Å². The maximum atomic E-state index is 13.7. The van der Waals surface area contributed by atoms with Crippen molar-refractivity contribution in [2.45, 2.75) is 89.3 Å². The summed E-state index contributed by atoms with van der Waals surface area (Å²) in [6.07, 6.45) is -4.15. The van der Waals surface area contributed by atoms with Gasteiger partial charge in [0.15, 0.2) is 0 Å². The van der Waals surface area contributed by atoms with Gasteiger partial charge in [0.1, 0.15) is 6.10 Å². The summed E-state index contributed by atoms with van der Waals surface area (Å²) in [6, 6.07) is 3.85. The van der Waals surface area contributed by atoms with Crippen LogP contribution in [0.15, 0.2) is 17.0 Å². The first-order valence-corrected chi connectivity index (χ1v) is 15.0. The average Bonchev–Trinajstić information content (AvgIpc) is 2.91. The molecule has 0 saturated carbocycles. The fraction of sp³-hybridized carbons (Fsp3) is 0.679. The first kappa shape index (κ1) is 37.4. The normalized spacial score (nSPS) is 17.5. The molecule has 1 aromatic rings. The van der Waals surface area contributed by atoms with Crippen LogP contribution in [0.5, 0.6) is 0 Å². The van der Waals surface area contributed by atoms with Gasteiger partial charge >= 0.3 is 30.8 Å². The smallest absolute Gasteiger partial charge is 0.538 e. The van der Waals surface area contributed by atoms with Gasteiger partial charge in [-0.15, -0.1) is 0 Å². The molecule has 2 fully saturated rings. The fourth-order valence-electron chi connectivity index (χ4n) is 4.34. The number of halogens is 3. The summed E-state index contributed by atoms with van der Waals surface area (Å²) in [7, 11) is -3.94. The molecule has 0 aromatic heterocycles. The standard InChI is InChI=1S/C23H32F3N2O5S.C5H9O.V/c1-14(2)17-11-18(15(3)4)21(19(12-17)16(5)6)34(31,32)28-9-7-27(8-10-28)22(30)33-20(13-29)23(24,25)26;1-2-4-6-5-3-1;/h11-12,14-16,20H,7-10H2,1-6H3;1H,2-5H2;/q2*-1;+2. The Morgan fingerprint density at radius 1 is 0.951 bits per heavy atom. The zero-order valence-corrected chi connectivity index (χ0v) is 26.7. The average molecular weight is 642 g/mol. The van der Waals surface area contributed by atoms with E-state index in [4.69, 9.17) is 4.74 Å². The minimum absolute atomic E-state index is 0. The zero-order valence-electron chi connectivity index (χ0n) is 24.5. The van der Waals surface area contributed by atoms with Crippen LogP contribution in [0.25, 0.3) is 0 Å². The summed E-state index contributed by atoms with van der Waals surface area (Å²) in [5.41, 5.74) is 2.47. The molecule has 0 bridgehead atoms. The van der Waals surface area contributed by atoms with Gasteiger partial charge in [0.05, 0.1) is 4.90 Å². The minimum Gasteiger partial charge on any atom is -0.538 e. The number of nitrogens with zero attached hydrogens (tertiary/aromatic N) is 2. The molecule has 1 aromatic carbocycles. The third kappa shape index (κ3) is 10.3. The van der Waals surface area contributed by atoms with E-state index in [1.54, 1.807) is 0 Å². The fourth-order valence-corrected chi connectivity index (χ4v) is 6.43. The van der Waals surface area contributed by atoms with Crippen LogP contribution in [0, 0.1) is 6.42 Å². The minimum atomic E-state index is -5.06. The third-order valence-corrected chi connectivity index (χ3v) is 8.76. The Labute approximate surface area is 254 Å². The van der Waals surface area contributed by atoms with Crippen LogP contribution >= 0.6 is 0 Å². The maximum absolute atomic E-state index is 13.7. The van der Waals surface area contributed by atoms with Crippen molar-refractivity contribution in [2.24, 2.45) is 0 Å². The molecule has 2 aliphatic rings. The van der Waals surface area contributed by atoms with Gasteiger partial charge in [-0.25, -0.2) is 19.5 Å². The molecule has 1 radical (unpaired) electrons. The molecule has 8 nitrogen and oxygen atoms in total. The molecule has 3 rings (SSSR count). The molecule has 2 saturated heterocycles. The Bertz CT molecular complexity index is 1060. The van der Waals surface area contributed by atoms with Crippen molar-refractivity contribution in [1.29, 1.82) is 0 Å². The van der Waals surface area contributed by atoms with Gasteiger partial charge in [-0.3, -0.25) is 0 Å². The number of benzene rings is 1. The van der Waals surface area contributed by atoms with Gasteiger partial charge in [-0.05, 0) is 34.4 Å². The van der Waals surface area contributed by atoms with Crippen molar-refractivity contribution in [3.05, 3.63) is 35.2 Å². The number of carbonyl (C=O) groups is 1. The van der Waals surface area contributed by atoms with E-state index in [2.05, 4.69) is 11.2 Å². The largest absolute Gasteiger partial charge is 2.00 e. The van der Waals surface area contributed by atoms with E-state index in [0.717, 1.165) is 36.5 Å².